The van der Waals surface area contributed by atoms with Crippen LogP contribution in [0.4, 0.5) is 13.2 Å². The minimum absolute atomic E-state index is 0.0837. The van der Waals surface area contributed by atoms with Crippen LogP contribution in [0.5, 0.6) is 0 Å². The molecule has 1 N–H and O–H groups in total. The molecule has 0 aromatic rings. The van der Waals surface area contributed by atoms with Gasteiger partial charge in [-0.15, -0.1) is 0 Å². The van der Waals surface area contributed by atoms with Gasteiger partial charge in [-0.3, -0.25) is 0 Å². The average molecular weight is 222 g/mol. The zero-order valence-electron chi connectivity index (χ0n) is 8.85. The van der Waals surface area contributed by atoms with E-state index in [2.05, 4.69) is 0 Å². The number of fused-ring (bicyclic) bond motifs is 2. The fourth-order valence-electron chi connectivity index (χ4n) is 3.25. The van der Waals surface area contributed by atoms with Crippen molar-refractivity contribution in [2.75, 3.05) is 0 Å². The van der Waals surface area contributed by atoms with E-state index in [1.54, 1.807) is 0 Å². The summed E-state index contributed by atoms with van der Waals surface area (Å²) in [6, 6.07) is 0. The first-order valence-electron chi connectivity index (χ1n) is 5.59. The highest BCUT2D eigenvalue weighted by atomic mass is 19.4. The van der Waals surface area contributed by atoms with E-state index in [1.807, 2.05) is 0 Å². The van der Waals surface area contributed by atoms with Crippen molar-refractivity contribution in [3.05, 3.63) is 0 Å². The second-order valence-corrected chi connectivity index (χ2v) is 5.41. The molecule has 0 heterocycles. The SMILES string of the molecule is C[C@](O)(CC1CC2CCC1C2)C(F)(F)F. The summed E-state index contributed by atoms with van der Waals surface area (Å²) in [6.45, 7) is 0.902. The van der Waals surface area contributed by atoms with E-state index in [4.69, 9.17) is 0 Å². The molecule has 1 nitrogen and oxygen atoms in total. The highest BCUT2D eigenvalue weighted by Crippen LogP contribution is 2.52. The monoisotopic (exact) mass is 222 g/mol. The Balaban J connectivity index is 1.97. The van der Waals surface area contributed by atoms with E-state index in [0.717, 1.165) is 26.2 Å². The standard InChI is InChI=1S/C11H17F3O/c1-10(15,11(12,13)14)6-9-5-7-2-3-8(9)4-7/h7-9,15H,2-6H2,1H3/t7?,8?,9?,10-/m0/s1. The molecule has 88 valence electrons. The van der Waals surface area contributed by atoms with Crippen LogP contribution in [-0.2, 0) is 0 Å². The lowest BCUT2D eigenvalue weighted by Gasteiger charge is -2.32. The highest BCUT2D eigenvalue weighted by molar-refractivity contribution is 4.94. The largest absolute Gasteiger partial charge is 0.416 e. The van der Waals surface area contributed by atoms with Gasteiger partial charge in [0.25, 0.3) is 0 Å². The first-order chi connectivity index (χ1) is 6.79. The molecule has 0 aliphatic heterocycles. The molecule has 2 saturated carbocycles. The van der Waals surface area contributed by atoms with Crippen molar-refractivity contribution < 1.29 is 18.3 Å². The van der Waals surface area contributed by atoms with Gasteiger partial charge in [-0.2, -0.15) is 13.2 Å². The molecule has 2 bridgehead atoms. The maximum atomic E-state index is 12.5. The Morgan fingerprint density at radius 3 is 2.27 bits per heavy atom. The van der Waals surface area contributed by atoms with Crippen LogP contribution in [0.15, 0.2) is 0 Å². The first-order valence-corrected chi connectivity index (χ1v) is 5.59. The van der Waals surface area contributed by atoms with Crippen molar-refractivity contribution in [3.63, 3.8) is 0 Å². The van der Waals surface area contributed by atoms with E-state index in [1.165, 1.54) is 6.42 Å². The second-order valence-electron chi connectivity index (χ2n) is 5.41. The molecule has 0 saturated heterocycles. The van der Waals surface area contributed by atoms with Crippen LogP contribution in [0, 0.1) is 17.8 Å². The molecule has 4 heteroatoms. The maximum Gasteiger partial charge on any atom is 0.416 e. The van der Waals surface area contributed by atoms with E-state index in [-0.39, 0.29) is 12.3 Å². The Labute approximate surface area is 87.7 Å². The third kappa shape index (κ3) is 2.01. The Morgan fingerprint density at radius 1 is 1.20 bits per heavy atom. The third-order valence-electron chi connectivity index (χ3n) is 4.15. The van der Waals surface area contributed by atoms with Crippen LogP contribution < -0.4 is 0 Å². The van der Waals surface area contributed by atoms with Gasteiger partial charge in [0.2, 0.25) is 0 Å². The van der Waals surface area contributed by atoms with Gasteiger partial charge in [0.05, 0.1) is 0 Å². The molecule has 2 fully saturated rings. The molecular weight excluding hydrogens is 205 g/mol. The van der Waals surface area contributed by atoms with Crippen molar-refractivity contribution >= 4 is 0 Å². The molecule has 0 aromatic heterocycles. The van der Waals surface area contributed by atoms with Crippen molar-refractivity contribution in [2.24, 2.45) is 17.8 Å². The number of alkyl halides is 3. The predicted octanol–water partition coefficient (Wildman–Crippen LogP) is 3.13. The summed E-state index contributed by atoms with van der Waals surface area (Å²) in [5.41, 5.74) is -2.50. The molecule has 15 heavy (non-hydrogen) atoms. The van der Waals surface area contributed by atoms with Gasteiger partial charge >= 0.3 is 6.18 Å². The minimum Gasteiger partial charge on any atom is -0.381 e. The fourth-order valence-corrected chi connectivity index (χ4v) is 3.25. The lowest BCUT2D eigenvalue weighted by molar-refractivity contribution is -0.259. The summed E-state index contributed by atoms with van der Waals surface area (Å²) in [5.74, 6) is 1.15. The topological polar surface area (TPSA) is 20.2 Å². The predicted molar refractivity (Wildman–Crippen MR) is 50.2 cm³/mol. The van der Waals surface area contributed by atoms with Crippen LogP contribution in [-0.4, -0.2) is 16.9 Å². The Hall–Kier alpha value is -0.250. The Morgan fingerprint density at radius 2 is 1.87 bits per heavy atom. The van der Waals surface area contributed by atoms with Crippen LogP contribution in [0.1, 0.15) is 39.0 Å². The quantitative estimate of drug-likeness (QED) is 0.761. The summed E-state index contributed by atoms with van der Waals surface area (Å²) >= 11 is 0. The van der Waals surface area contributed by atoms with Gasteiger partial charge in [0, 0.05) is 0 Å². The van der Waals surface area contributed by atoms with E-state index in [9.17, 15) is 18.3 Å². The van der Waals surface area contributed by atoms with Crippen molar-refractivity contribution in [2.45, 2.75) is 50.8 Å². The van der Waals surface area contributed by atoms with Gasteiger partial charge in [0.15, 0.2) is 5.60 Å². The van der Waals surface area contributed by atoms with Crippen LogP contribution >= 0.6 is 0 Å². The van der Waals surface area contributed by atoms with Crippen LogP contribution in [0.3, 0.4) is 0 Å². The fraction of sp³-hybridized carbons (Fsp3) is 1.00. The third-order valence-corrected chi connectivity index (χ3v) is 4.15. The van der Waals surface area contributed by atoms with Crippen molar-refractivity contribution in [1.82, 2.24) is 0 Å². The summed E-state index contributed by atoms with van der Waals surface area (Å²) < 4.78 is 37.4. The van der Waals surface area contributed by atoms with Gasteiger partial charge < -0.3 is 5.11 Å². The molecule has 0 spiro atoms. The highest BCUT2D eigenvalue weighted by Gasteiger charge is 2.53. The number of hydrogen-bond donors (Lipinski definition) is 1. The summed E-state index contributed by atoms with van der Waals surface area (Å²) in [4.78, 5) is 0. The molecule has 3 unspecified atom stereocenters. The smallest absolute Gasteiger partial charge is 0.381 e. The summed E-state index contributed by atoms with van der Waals surface area (Å²) in [7, 11) is 0. The average Bonchev–Trinajstić information content (AvgIpc) is 2.61. The number of aliphatic hydroxyl groups is 1. The summed E-state index contributed by atoms with van der Waals surface area (Å²) in [6.07, 6.45) is -0.402. The van der Waals surface area contributed by atoms with Gasteiger partial charge in [-0.25, -0.2) is 0 Å². The second kappa shape index (κ2) is 3.37. The minimum atomic E-state index is -4.49. The molecule has 2 aliphatic rings. The molecular formula is C11H17F3O. The zero-order chi connectivity index (χ0) is 11.3. The number of halogens is 3. The molecule has 0 aromatic carbocycles. The number of rotatable bonds is 2. The van der Waals surface area contributed by atoms with E-state index >= 15 is 0 Å². The molecule has 0 amide bonds. The van der Waals surface area contributed by atoms with Crippen LogP contribution in [0.2, 0.25) is 0 Å². The Bertz CT molecular complexity index is 247. The van der Waals surface area contributed by atoms with Crippen LogP contribution in [0.25, 0.3) is 0 Å². The molecule has 2 rings (SSSR count). The number of hydrogen-bond acceptors (Lipinski definition) is 1. The lowest BCUT2D eigenvalue weighted by atomic mass is 9.81. The van der Waals surface area contributed by atoms with Crippen molar-refractivity contribution in [3.8, 4) is 0 Å². The lowest BCUT2D eigenvalue weighted by Crippen LogP contribution is -2.44. The summed E-state index contributed by atoms with van der Waals surface area (Å²) in [5, 5.41) is 9.41. The van der Waals surface area contributed by atoms with Gasteiger partial charge in [-0.1, -0.05) is 6.42 Å². The zero-order valence-corrected chi connectivity index (χ0v) is 8.85. The first kappa shape index (κ1) is 11.2. The molecule has 0 radical (unpaired) electrons. The maximum absolute atomic E-state index is 12.5. The van der Waals surface area contributed by atoms with E-state index < -0.39 is 11.8 Å². The molecule has 4 atom stereocenters. The van der Waals surface area contributed by atoms with E-state index in [0.29, 0.717) is 11.8 Å². The van der Waals surface area contributed by atoms with Gasteiger partial charge in [-0.05, 0) is 50.4 Å². The normalized spacial score (nSPS) is 39.4. The van der Waals surface area contributed by atoms with Gasteiger partial charge in [0.1, 0.15) is 0 Å². The molecule has 2 aliphatic carbocycles. The van der Waals surface area contributed by atoms with Crippen molar-refractivity contribution in [1.29, 1.82) is 0 Å². The Kier molecular flexibility index (Phi) is 2.53.